The summed E-state index contributed by atoms with van der Waals surface area (Å²) in [4.78, 5) is 14.5. The Morgan fingerprint density at radius 1 is 1.50 bits per heavy atom. The van der Waals surface area contributed by atoms with E-state index in [4.69, 9.17) is 5.11 Å². The van der Waals surface area contributed by atoms with Crippen molar-refractivity contribution in [3.8, 4) is 0 Å². The predicted octanol–water partition coefficient (Wildman–Crippen LogP) is 1.59. The normalized spacial score (nSPS) is 20.1. The van der Waals surface area contributed by atoms with E-state index in [2.05, 4.69) is 11.9 Å². The molecule has 2 rings (SSSR count). The van der Waals surface area contributed by atoms with Crippen molar-refractivity contribution < 1.29 is 18.3 Å². The van der Waals surface area contributed by atoms with Crippen molar-refractivity contribution in [3.05, 3.63) is 23.9 Å². The van der Waals surface area contributed by atoms with E-state index in [9.17, 15) is 13.2 Å². The van der Waals surface area contributed by atoms with Crippen molar-refractivity contribution >= 4 is 16.0 Å². The average Bonchev–Trinajstić information content (AvgIpc) is 2.88. The lowest BCUT2D eigenvalue weighted by molar-refractivity contribution is 0.0696. The van der Waals surface area contributed by atoms with Gasteiger partial charge in [-0.1, -0.05) is 13.3 Å². The highest BCUT2D eigenvalue weighted by atomic mass is 32.2. The fourth-order valence-electron chi connectivity index (χ4n) is 2.45. The minimum atomic E-state index is -3.60. The molecule has 1 aliphatic heterocycles. The number of pyridine rings is 1. The van der Waals surface area contributed by atoms with Gasteiger partial charge in [0.2, 0.25) is 0 Å². The molecular formula is C13H18N2O4S. The van der Waals surface area contributed by atoms with Crippen LogP contribution in [0.1, 0.15) is 36.5 Å². The molecule has 110 valence electrons. The van der Waals surface area contributed by atoms with Gasteiger partial charge in [0.25, 0.3) is 10.0 Å². The molecule has 0 spiro atoms. The second-order valence-electron chi connectivity index (χ2n) is 5.00. The third kappa shape index (κ3) is 2.99. The molecule has 0 bridgehead atoms. The zero-order valence-corrected chi connectivity index (χ0v) is 12.1. The molecule has 1 fully saturated rings. The van der Waals surface area contributed by atoms with Crippen LogP contribution in [0.5, 0.6) is 0 Å². The molecule has 20 heavy (non-hydrogen) atoms. The van der Waals surface area contributed by atoms with Crippen LogP contribution >= 0.6 is 0 Å². The maximum Gasteiger partial charge on any atom is 0.337 e. The Balaban J connectivity index is 2.16. The Morgan fingerprint density at radius 3 is 2.80 bits per heavy atom. The van der Waals surface area contributed by atoms with E-state index in [0.29, 0.717) is 19.0 Å². The first kappa shape index (κ1) is 14.9. The Kier molecular flexibility index (Phi) is 4.39. The first-order valence-corrected chi connectivity index (χ1v) is 8.08. The molecule has 0 aromatic carbocycles. The van der Waals surface area contributed by atoms with E-state index in [1.54, 1.807) is 0 Å². The van der Waals surface area contributed by atoms with Gasteiger partial charge in [0, 0.05) is 19.3 Å². The number of nitrogens with zero attached hydrogens (tertiary/aromatic N) is 2. The van der Waals surface area contributed by atoms with Crippen molar-refractivity contribution in [1.29, 1.82) is 0 Å². The fourth-order valence-corrected chi connectivity index (χ4v) is 3.89. The van der Waals surface area contributed by atoms with E-state index in [1.165, 1.54) is 16.4 Å². The van der Waals surface area contributed by atoms with Crippen LogP contribution in [0.4, 0.5) is 0 Å². The third-order valence-corrected chi connectivity index (χ3v) is 5.31. The predicted molar refractivity (Wildman–Crippen MR) is 73.0 cm³/mol. The monoisotopic (exact) mass is 298 g/mol. The van der Waals surface area contributed by atoms with Gasteiger partial charge in [0.1, 0.15) is 0 Å². The smallest absolute Gasteiger partial charge is 0.337 e. The van der Waals surface area contributed by atoms with Gasteiger partial charge in [0.05, 0.1) is 5.56 Å². The molecule has 0 amide bonds. The molecule has 1 aliphatic rings. The highest BCUT2D eigenvalue weighted by Gasteiger charge is 2.32. The van der Waals surface area contributed by atoms with E-state index in [1.807, 2.05) is 0 Å². The van der Waals surface area contributed by atoms with Crippen LogP contribution in [0, 0.1) is 5.92 Å². The van der Waals surface area contributed by atoms with Gasteiger partial charge in [-0.3, -0.25) is 0 Å². The molecule has 0 radical (unpaired) electrons. The number of hydrogen-bond donors (Lipinski definition) is 1. The number of hydrogen-bond acceptors (Lipinski definition) is 4. The van der Waals surface area contributed by atoms with Crippen molar-refractivity contribution in [2.45, 2.75) is 31.2 Å². The summed E-state index contributed by atoms with van der Waals surface area (Å²) in [5.41, 5.74) is -0.0192. The highest BCUT2D eigenvalue weighted by molar-refractivity contribution is 7.89. The van der Waals surface area contributed by atoms with Crippen LogP contribution in [0.25, 0.3) is 0 Å². The number of carboxylic acid groups (broad SMARTS) is 1. The van der Waals surface area contributed by atoms with E-state index in [0.717, 1.165) is 25.5 Å². The van der Waals surface area contributed by atoms with Crippen molar-refractivity contribution in [2.24, 2.45) is 5.92 Å². The van der Waals surface area contributed by atoms with Crippen LogP contribution in [0.15, 0.2) is 23.4 Å². The van der Waals surface area contributed by atoms with Crippen LogP contribution < -0.4 is 0 Å². The van der Waals surface area contributed by atoms with Gasteiger partial charge in [-0.05, 0) is 30.9 Å². The number of carbonyl (C=O) groups is 1. The Bertz CT molecular complexity index is 583. The lowest BCUT2D eigenvalue weighted by Gasteiger charge is -2.15. The summed E-state index contributed by atoms with van der Waals surface area (Å²) < 4.78 is 26.2. The summed E-state index contributed by atoms with van der Waals surface area (Å²) in [6, 6.07) is 2.52. The molecule has 1 N–H and O–H groups in total. The molecule has 7 heteroatoms. The van der Waals surface area contributed by atoms with Crippen molar-refractivity contribution in [2.75, 3.05) is 13.1 Å². The largest absolute Gasteiger partial charge is 0.478 e. The molecule has 1 aromatic rings. The summed E-state index contributed by atoms with van der Waals surface area (Å²) in [7, 11) is -3.60. The minimum Gasteiger partial charge on any atom is -0.478 e. The molecule has 0 saturated carbocycles. The van der Waals surface area contributed by atoms with Crippen LogP contribution in [-0.2, 0) is 10.0 Å². The number of aromatic carboxylic acids is 1. The zero-order chi connectivity index (χ0) is 14.8. The SMILES string of the molecule is CCCC1CCN(S(=O)(=O)c2ccc(C(=O)O)cn2)C1. The number of carboxylic acids is 1. The van der Waals surface area contributed by atoms with Crippen molar-refractivity contribution in [1.82, 2.24) is 9.29 Å². The van der Waals surface area contributed by atoms with Gasteiger partial charge in [-0.15, -0.1) is 0 Å². The molecule has 6 nitrogen and oxygen atoms in total. The van der Waals surface area contributed by atoms with E-state index < -0.39 is 16.0 Å². The average molecular weight is 298 g/mol. The topological polar surface area (TPSA) is 87.6 Å². The van der Waals surface area contributed by atoms with Gasteiger partial charge < -0.3 is 5.11 Å². The minimum absolute atomic E-state index is 0.0192. The maximum absolute atomic E-state index is 12.4. The number of aromatic nitrogens is 1. The highest BCUT2D eigenvalue weighted by Crippen LogP contribution is 2.26. The Hall–Kier alpha value is -1.47. The molecule has 1 atom stereocenters. The molecule has 0 aliphatic carbocycles. The molecule has 1 unspecified atom stereocenters. The van der Waals surface area contributed by atoms with Crippen molar-refractivity contribution in [3.63, 3.8) is 0 Å². The van der Waals surface area contributed by atoms with E-state index in [-0.39, 0.29) is 10.6 Å². The van der Waals surface area contributed by atoms with Crippen LogP contribution in [0.2, 0.25) is 0 Å². The van der Waals surface area contributed by atoms with Gasteiger partial charge in [-0.2, -0.15) is 4.31 Å². The van der Waals surface area contributed by atoms with Gasteiger partial charge in [0.15, 0.2) is 5.03 Å². The van der Waals surface area contributed by atoms with Crippen LogP contribution in [-0.4, -0.2) is 41.9 Å². The number of sulfonamides is 1. The lowest BCUT2D eigenvalue weighted by Crippen LogP contribution is -2.29. The standard InChI is InChI=1S/C13H18N2O4S/c1-2-3-10-6-7-15(9-10)20(18,19)12-5-4-11(8-14-12)13(16)17/h4-5,8,10H,2-3,6-7,9H2,1H3,(H,16,17). The summed E-state index contributed by atoms with van der Waals surface area (Å²) in [5.74, 6) is -0.710. The first-order valence-electron chi connectivity index (χ1n) is 6.64. The third-order valence-electron chi connectivity index (χ3n) is 3.53. The second kappa shape index (κ2) is 5.88. The fraction of sp³-hybridized carbons (Fsp3) is 0.538. The van der Waals surface area contributed by atoms with Crippen LogP contribution in [0.3, 0.4) is 0 Å². The second-order valence-corrected chi connectivity index (χ2v) is 6.88. The molecule has 1 aromatic heterocycles. The summed E-state index contributed by atoms with van der Waals surface area (Å²) in [5, 5.41) is 8.70. The summed E-state index contributed by atoms with van der Waals surface area (Å²) in [6.45, 7) is 3.12. The molecular weight excluding hydrogens is 280 g/mol. The van der Waals surface area contributed by atoms with E-state index >= 15 is 0 Å². The zero-order valence-electron chi connectivity index (χ0n) is 11.3. The van der Waals surface area contributed by atoms with Gasteiger partial charge >= 0.3 is 5.97 Å². The Morgan fingerprint density at radius 2 is 2.25 bits per heavy atom. The lowest BCUT2D eigenvalue weighted by atomic mass is 10.0. The Labute approximate surface area is 118 Å². The quantitative estimate of drug-likeness (QED) is 0.892. The maximum atomic E-state index is 12.4. The molecule has 1 saturated heterocycles. The molecule has 2 heterocycles. The summed E-state index contributed by atoms with van der Waals surface area (Å²) in [6.07, 6.45) is 4.02. The summed E-state index contributed by atoms with van der Waals surface area (Å²) >= 11 is 0. The van der Waals surface area contributed by atoms with Gasteiger partial charge in [-0.25, -0.2) is 18.2 Å². The number of rotatable bonds is 5. The first-order chi connectivity index (χ1) is 9.45.